The Kier molecular flexibility index (Phi) is 4.11. The highest BCUT2D eigenvalue weighted by atomic mass is 32.1. The van der Waals surface area contributed by atoms with E-state index in [9.17, 15) is 9.90 Å². The van der Waals surface area contributed by atoms with Crippen LogP contribution in [0, 0.1) is 0 Å². The number of likely N-dealkylation sites (tertiary alicyclic amines) is 1. The van der Waals surface area contributed by atoms with E-state index in [1.807, 2.05) is 29.5 Å². The second-order valence-corrected chi connectivity index (χ2v) is 7.44. The van der Waals surface area contributed by atoms with Crippen molar-refractivity contribution in [2.75, 3.05) is 26.7 Å². The number of nitrogens with zero attached hydrogens (tertiary/aromatic N) is 5. The number of carbonyl (C=O) groups is 1. The molecule has 4 heterocycles. The lowest BCUT2D eigenvalue weighted by Crippen LogP contribution is -2.33. The number of β-amino-alcohol motifs (C(OH)–C–C–N with tert-alkyl or cyclic N) is 1. The van der Waals surface area contributed by atoms with Crippen LogP contribution in [0.4, 0.5) is 0 Å². The van der Waals surface area contributed by atoms with E-state index in [0.29, 0.717) is 39.0 Å². The number of carbonyl (C=O) groups excluding carboxylic acids is 1. The van der Waals surface area contributed by atoms with E-state index in [1.54, 1.807) is 0 Å². The summed E-state index contributed by atoms with van der Waals surface area (Å²) < 4.78 is 2.14. The third-order valence-corrected chi connectivity index (χ3v) is 5.76. The molecule has 1 amide bonds. The molecule has 2 aliphatic heterocycles. The molecule has 0 aliphatic carbocycles. The fraction of sp³-hybridized carbons (Fsp3) is 0.562. The molecule has 4 rings (SSSR count). The molecule has 7 nitrogen and oxygen atoms in total. The maximum atomic E-state index is 12.6. The van der Waals surface area contributed by atoms with Gasteiger partial charge in [-0.15, -0.1) is 21.5 Å². The highest BCUT2D eigenvalue weighted by Crippen LogP contribution is 2.30. The molecule has 0 aromatic carbocycles. The molecule has 1 N–H and O–H groups in total. The summed E-state index contributed by atoms with van der Waals surface area (Å²) in [6.07, 6.45) is 1.09. The van der Waals surface area contributed by atoms with Crippen LogP contribution < -0.4 is 0 Å². The molecule has 2 atom stereocenters. The Bertz CT molecular complexity index is 729. The first-order valence-corrected chi connectivity index (χ1v) is 9.14. The van der Waals surface area contributed by atoms with Gasteiger partial charge in [-0.2, -0.15) is 0 Å². The van der Waals surface area contributed by atoms with Gasteiger partial charge in [0.1, 0.15) is 5.82 Å². The Labute approximate surface area is 144 Å². The summed E-state index contributed by atoms with van der Waals surface area (Å²) in [6.45, 7) is 2.69. The third kappa shape index (κ3) is 2.74. The van der Waals surface area contributed by atoms with Gasteiger partial charge in [0.25, 0.3) is 5.91 Å². The zero-order chi connectivity index (χ0) is 16.7. The van der Waals surface area contributed by atoms with Crippen LogP contribution in [0.1, 0.15) is 33.8 Å². The molecule has 2 aromatic heterocycles. The molecule has 2 aliphatic rings. The first-order chi connectivity index (χ1) is 11.6. The fourth-order valence-corrected chi connectivity index (χ4v) is 4.32. The minimum atomic E-state index is -0.310. The Morgan fingerprint density at radius 1 is 1.33 bits per heavy atom. The molecule has 8 heteroatoms. The Hall–Kier alpha value is -1.77. The van der Waals surface area contributed by atoms with Crippen molar-refractivity contribution in [3.05, 3.63) is 34.0 Å². The molecule has 0 radical (unpaired) electrons. The third-order valence-electron chi connectivity index (χ3n) is 4.90. The maximum absolute atomic E-state index is 12.6. The average Bonchev–Trinajstić information content (AvgIpc) is 3.25. The zero-order valence-electron chi connectivity index (χ0n) is 13.6. The molecule has 1 fully saturated rings. The first kappa shape index (κ1) is 15.7. The van der Waals surface area contributed by atoms with E-state index < -0.39 is 0 Å². The van der Waals surface area contributed by atoms with Crippen molar-refractivity contribution in [3.8, 4) is 0 Å². The number of amides is 1. The van der Waals surface area contributed by atoms with Crippen LogP contribution in [0.2, 0.25) is 0 Å². The number of likely N-dealkylation sites (N-methyl/N-ethyl adjacent to an activating group) is 1. The number of hydrogen-bond acceptors (Lipinski definition) is 6. The number of aliphatic hydroxyl groups is 1. The number of fused-ring (bicyclic) bond motifs is 1. The Balaban J connectivity index is 1.53. The number of aromatic nitrogens is 3. The summed E-state index contributed by atoms with van der Waals surface area (Å²) in [5.41, 5.74) is 0. The molecular formula is C16H21N5O2S. The summed E-state index contributed by atoms with van der Waals surface area (Å²) in [5.74, 6) is 1.94. The van der Waals surface area contributed by atoms with Crippen LogP contribution >= 0.6 is 11.3 Å². The van der Waals surface area contributed by atoms with Gasteiger partial charge in [0.15, 0.2) is 5.82 Å². The van der Waals surface area contributed by atoms with Crippen molar-refractivity contribution in [2.24, 2.45) is 0 Å². The van der Waals surface area contributed by atoms with Gasteiger partial charge in [0, 0.05) is 32.6 Å². The van der Waals surface area contributed by atoms with E-state index >= 15 is 0 Å². The lowest BCUT2D eigenvalue weighted by atomic mass is 10.2. The van der Waals surface area contributed by atoms with Gasteiger partial charge in [-0.25, -0.2) is 0 Å². The van der Waals surface area contributed by atoms with Gasteiger partial charge in [0.2, 0.25) is 0 Å². The zero-order valence-corrected chi connectivity index (χ0v) is 14.4. The number of rotatable bonds is 2. The highest BCUT2D eigenvalue weighted by molar-refractivity contribution is 7.12. The quantitative estimate of drug-likeness (QED) is 0.869. The van der Waals surface area contributed by atoms with Gasteiger partial charge in [-0.3, -0.25) is 9.69 Å². The monoisotopic (exact) mass is 347 g/mol. The van der Waals surface area contributed by atoms with E-state index in [2.05, 4.69) is 19.7 Å². The van der Waals surface area contributed by atoms with Crippen molar-refractivity contribution in [2.45, 2.75) is 31.5 Å². The van der Waals surface area contributed by atoms with Crippen molar-refractivity contribution in [1.29, 1.82) is 0 Å². The predicted octanol–water partition coefficient (Wildman–Crippen LogP) is 0.776. The van der Waals surface area contributed by atoms with Gasteiger partial charge in [-0.1, -0.05) is 6.07 Å². The summed E-state index contributed by atoms with van der Waals surface area (Å²) in [5, 5.41) is 20.6. The predicted molar refractivity (Wildman–Crippen MR) is 89.9 cm³/mol. The van der Waals surface area contributed by atoms with Crippen molar-refractivity contribution in [1.82, 2.24) is 24.6 Å². The van der Waals surface area contributed by atoms with Crippen molar-refractivity contribution < 1.29 is 9.90 Å². The average molecular weight is 347 g/mol. The van der Waals surface area contributed by atoms with Crippen LogP contribution in [0.3, 0.4) is 0 Å². The number of thiophene rings is 1. The standard InChI is InChI=1S/C16H21N5O2S/c1-19-10-11(22)9-12(19)15-18-17-14-4-5-20(6-7-21(14)15)16(23)13-3-2-8-24-13/h2-3,8,11-12,22H,4-7,9-10H2,1H3/t11-,12+/m1/s1. The van der Waals surface area contributed by atoms with Crippen LogP contribution in [-0.2, 0) is 13.0 Å². The molecule has 24 heavy (non-hydrogen) atoms. The summed E-state index contributed by atoms with van der Waals surface area (Å²) in [7, 11) is 2.01. The largest absolute Gasteiger partial charge is 0.392 e. The summed E-state index contributed by atoms with van der Waals surface area (Å²) in [4.78, 5) is 17.4. The first-order valence-electron chi connectivity index (χ1n) is 8.26. The van der Waals surface area contributed by atoms with Gasteiger partial charge < -0.3 is 14.6 Å². The Morgan fingerprint density at radius 2 is 2.21 bits per heavy atom. The molecule has 1 saturated heterocycles. The maximum Gasteiger partial charge on any atom is 0.263 e. The molecule has 0 bridgehead atoms. The van der Waals surface area contributed by atoms with Crippen molar-refractivity contribution >= 4 is 17.2 Å². The minimum Gasteiger partial charge on any atom is -0.392 e. The number of aliphatic hydroxyl groups excluding tert-OH is 1. The normalized spacial score (nSPS) is 24.8. The van der Waals surface area contributed by atoms with Gasteiger partial charge >= 0.3 is 0 Å². The van der Waals surface area contributed by atoms with E-state index in [4.69, 9.17) is 0 Å². The smallest absolute Gasteiger partial charge is 0.263 e. The van der Waals surface area contributed by atoms with Crippen LogP contribution in [-0.4, -0.2) is 68.4 Å². The van der Waals surface area contributed by atoms with Gasteiger partial charge in [0.05, 0.1) is 17.0 Å². The second-order valence-electron chi connectivity index (χ2n) is 6.49. The topological polar surface area (TPSA) is 74.5 Å². The fourth-order valence-electron chi connectivity index (χ4n) is 3.63. The van der Waals surface area contributed by atoms with E-state index in [0.717, 1.165) is 16.5 Å². The van der Waals surface area contributed by atoms with E-state index in [1.165, 1.54) is 11.3 Å². The van der Waals surface area contributed by atoms with Crippen LogP contribution in [0.25, 0.3) is 0 Å². The van der Waals surface area contributed by atoms with Crippen molar-refractivity contribution in [3.63, 3.8) is 0 Å². The molecular weight excluding hydrogens is 326 g/mol. The Morgan fingerprint density at radius 3 is 2.92 bits per heavy atom. The second kappa shape index (κ2) is 6.27. The van der Waals surface area contributed by atoms with E-state index in [-0.39, 0.29) is 18.1 Å². The summed E-state index contributed by atoms with van der Waals surface area (Å²) >= 11 is 1.48. The molecule has 0 unspecified atom stereocenters. The molecule has 128 valence electrons. The molecule has 0 saturated carbocycles. The molecule has 2 aromatic rings. The summed E-state index contributed by atoms with van der Waals surface area (Å²) in [6, 6.07) is 3.88. The van der Waals surface area contributed by atoms with Gasteiger partial charge in [-0.05, 0) is 24.9 Å². The van der Waals surface area contributed by atoms with Crippen LogP contribution in [0.15, 0.2) is 17.5 Å². The SMILES string of the molecule is CN1C[C@H](O)C[C@H]1c1nnc2n1CCN(C(=O)c1cccs1)CC2. The number of hydrogen-bond donors (Lipinski definition) is 1. The lowest BCUT2D eigenvalue weighted by Gasteiger charge is -2.21. The molecule has 0 spiro atoms. The van der Waals surface area contributed by atoms with Crippen LogP contribution in [0.5, 0.6) is 0 Å². The minimum absolute atomic E-state index is 0.0960. The lowest BCUT2D eigenvalue weighted by molar-refractivity contribution is 0.0763. The highest BCUT2D eigenvalue weighted by Gasteiger charge is 2.34.